The number of hydrogen-bond acceptors (Lipinski definition) is 3. The lowest BCUT2D eigenvalue weighted by Gasteiger charge is -2.09. The number of carboxylic acids is 1. The molecule has 0 amide bonds. The number of aromatic nitrogens is 2. The van der Waals surface area contributed by atoms with Gasteiger partial charge in [-0.05, 0) is 61.4 Å². The number of fused-ring (bicyclic) bond motifs is 1. The van der Waals surface area contributed by atoms with Gasteiger partial charge in [-0.1, -0.05) is 0 Å². The summed E-state index contributed by atoms with van der Waals surface area (Å²) in [6.07, 6.45) is 0.0559. The number of aryl methyl sites for hydroxylation is 3. The number of nitrogens with two attached hydrogens (primary N) is 1. The highest BCUT2D eigenvalue weighted by Gasteiger charge is 2.14. The highest BCUT2D eigenvalue weighted by molar-refractivity contribution is 5.82. The lowest BCUT2D eigenvalue weighted by atomic mass is 10.1. The minimum Gasteiger partial charge on any atom is -0.481 e. The van der Waals surface area contributed by atoms with E-state index in [0.717, 1.165) is 28.0 Å². The van der Waals surface area contributed by atoms with E-state index < -0.39 is 5.97 Å². The van der Waals surface area contributed by atoms with Gasteiger partial charge in [-0.15, -0.1) is 0 Å². The summed E-state index contributed by atoms with van der Waals surface area (Å²) in [6, 6.07) is 11.6. The Labute approximate surface area is 134 Å². The van der Waals surface area contributed by atoms with E-state index in [0.29, 0.717) is 12.2 Å². The van der Waals surface area contributed by atoms with Crippen molar-refractivity contribution in [3.63, 3.8) is 0 Å². The van der Waals surface area contributed by atoms with Crippen molar-refractivity contribution in [1.82, 2.24) is 9.55 Å². The SMILES string of the molecule is Cc1cc2nc(-c3ccc(N)cc3)n(CCC(=O)O)c2cc1C. The smallest absolute Gasteiger partial charge is 0.305 e. The maximum absolute atomic E-state index is 11.0. The summed E-state index contributed by atoms with van der Waals surface area (Å²) < 4.78 is 1.97. The first kappa shape index (κ1) is 15.1. The van der Waals surface area contributed by atoms with E-state index in [1.54, 1.807) is 0 Å². The molecule has 5 heteroatoms. The number of nitrogen functional groups attached to an aromatic ring is 1. The van der Waals surface area contributed by atoms with E-state index in [4.69, 9.17) is 15.8 Å². The van der Waals surface area contributed by atoms with Gasteiger partial charge < -0.3 is 15.4 Å². The van der Waals surface area contributed by atoms with Crippen LogP contribution in [0.1, 0.15) is 17.5 Å². The summed E-state index contributed by atoms with van der Waals surface area (Å²) in [5.74, 6) is -0.0508. The zero-order valence-corrected chi connectivity index (χ0v) is 13.2. The number of benzene rings is 2. The summed E-state index contributed by atoms with van der Waals surface area (Å²) in [6.45, 7) is 4.48. The van der Waals surface area contributed by atoms with Gasteiger partial charge in [-0.2, -0.15) is 0 Å². The van der Waals surface area contributed by atoms with Crippen molar-refractivity contribution in [2.45, 2.75) is 26.8 Å². The molecule has 0 saturated carbocycles. The van der Waals surface area contributed by atoms with Crippen LogP contribution in [-0.2, 0) is 11.3 Å². The number of imidazole rings is 1. The fourth-order valence-corrected chi connectivity index (χ4v) is 2.67. The Morgan fingerprint density at radius 3 is 2.48 bits per heavy atom. The van der Waals surface area contributed by atoms with Crippen LogP contribution in [0.4, 0.5) is 5.69 Å². The third-order valence-corrected chi connectivity index (χ3v) is 4.08. The molecule has 2 aromatic carbocycles. The van der Waals surface area contributed by atoms with Crippen LogP contribution in [0.15, 0.2) is 36.4 Å². The number of carboxylic acid groups (broad SMARTS) is 1. The average molecular weight is 309 g/mol. The second-order valence-corrected chi connectivity index (χ2v) is 5.78. The van der Waals surface area contributed by atoms with Crippen molar-refractivity contribution < 1.29 is 9.90 Å². The van der Waals surface area contributed by atoms with Gasteiger partial charge in [0.2, 0.25) is 0 Å². The van der Waals surface area contributed by atoms with Gasteiger partial charge in [0.05, 0.1) is 17.5 Å². The largest absolute Gasteiger partial charge is 0.481 e. The summed E-state index contributed by atoms with van der Waals surface area (Å²) in [4.78, 5) is 15.7. The summed E-state index contributed by atoms with van der Waals surface area (Å²) >= 11 is 0. The first-order chi connectivity index (χ1) is 11.0. The van der Waals surface area contributed by atoms with Crippen molar-refractivity contribution in [2.75, 3.05) is 5.73 Å². The molecule has 0 aliphatic rings. The molecule has 1 aromatic heterocycles. The standard InChI is InChI=1S/C18H19N3O2/c1-11-9-15-16(10-12(11)2)21(8-7-17(22)23)18(20-15)13-3-5-14(19)6-4-13/h3-6,9-10H,7-8,19H2,1-2H3,(H,22,23). The Balaban J connectivity index is 2.20. The molecule has 0 atom stereocenters. The minimum atomic E-state index is -0.820. The van der Waals surface area contributed by atoms with Crippen molar-refractivity contribution >= 4 is 22.7 Å². The van der Waals surface area contributed by atoms with Gasteiger partial charge >= 0.3 is 5.97 Å². The van der Waals surface area contributed by atoms with Crippen LogP contribution in [0, 0.1) is 13.8 Å². The van der Waals surface area contributed by atoms with Crippen molar-refractivity contribution in [2.24, 2.45) is 0 Å². The van der Waals surface area contributed by atoms with Crippen molar-refractivity contribution in [3.8, 4) is 11.4 Å². The van der Waals surface area contributed by atoms with Gasteiger partial charge in [0, 0.05) is 17.8 Å². The van der Waals surface area contributed by atoms with Crippen LogP contribution in [0.2, 0.25) is 0 Å². The first-order valence-electron chi connectivity index (χ1n) is 7.51. The molecule has 0 bridgehead atoms. The molecule has 118 valence electrons. The minimum absolute atomic E-state index is 0.0559. The summed E-state index contributed by atoms with van der Waals surface area (Å²) in [7, 11) is 0. The second kappa shape index (κ2) is 5.76. The maximum atomic E-state index is 11.0. The molecule has 0 fully saturated rings. The van der Waals surface area contributed by atoms with Crippen LogP contribution in [-0.4, -0.2) is 20.6 Å². The fourth-order valence-electron chi connectivity index (χ4n) is 2.67. The Bertz CT molecular complexity index is 879. The molecular weight excluding hydrogens is 290 g/mol. The number of rotatable bonds is 4. The van der Waals surface area contributed by atoms with E-state index in [9.17, 15) is 4.79 Å². The molecule has 0 aliphatic heterocycles. The number of carbonyl (C=O) groups is 1. The van der Waals surface area contributed by atoms with E-state index in [-0.39, 0.29) is 6.42 Å². The van der Waals surface area contributed by atoms with Crippen molar-refractivity contribution in [3.05, 3.63) is 47.5 Å². The van der Waals surface area contributed by atoms with Crippen LogP contribution in [0.25, 0.3) is 22.4 Å². The molecule has 3 rings (SSSR count). The van der Waals surface area contributed by atoms with Gasteiger partial charge in [-0.25, -0.2) is 4.98 Å². The molecule has 0 spiro atoms. The fraction of sp³-hybridized carbons (Fsp3) is 0.222. The molecule has 3 N–H and O–H groups in total. The lowest BCUT2D eigenvalue weighted by Crippen LogP contribution is -2.06. The summed E-state index contributed by atoms with van der Waals surface area (Å²) in [5, 5.41) is 9.03. The lowest BCUT2D eigenvalue weighted by molar-refractivity contribution is -0.137. The van der Waals surface area contributed by atoms with Gasteiger partial charge in [0.25, 0.3) is 0 Å². The number of aliphatic carboxylic acids is 1. The molecule has 0 radical (unpaired) electrons. The third kappa shape index (κ3) is 2.90. The van der Waals surface area contributed by atoms with Gasteiger partial charge in [0.15, 0.2) is 0 Å². The maximum Gasteiger partial charge on any atom is 0.305 e. The highest BCUT2D eigenvalue weighted by Crippen LogP contribution is 2.27. The predicted molar refractivity (Wildman–Crippen MR) is 91.3 cm³/mol. The molecule has 0 aliphatic carbocycles. The van der Waals surface area contributed by atoms with E-state index in [1.165, 1.54) is 5.56 Å². The first-order valence-corrected chi connectivity index (χ1v) is 7.51. The molecular formula is C18H19N3O2. The topological polar surface area (TPSA) is 81.1 Å². The number of nitrogens with zero attached hydrogens (tertiary/aromatic N) is 2. The number of anilines is 1. The molecule has 1 heterocycles. The van der Waals surface area contributed by atoms with Crippen LogP contribution >= 0.6 is 0 Å². The Morgan fingerprint density at radius 2 is 1.83 bits per heavy atom. The monoisotopic (exact) mass is 309 g/mol. The van der Waals surface area contributed by atoms with Gasteiger partial charge in [-0.3, -0.25) is 4.79 Å². The Hall–Kier alpha value is -2.82. The van der Waals surface area contributed by atoms with E-state index in [2.05, 4.69) is 6.07 Å². The molecule has 3 aromatic rings. The van der Waals surface area contributed by atoms with Crippen LogP contribution < -0.4 is 5.73 Å². The average Bonchev–Trinajstić information content (AvgIpc) is 2.84. The normalized spacial score (nSPS) is 11.0. The molecule has 5 nitrogen and oxygen atoms in total. The zero-order valence-electron chi connectivity index (χ0n) is 13.2. The highest BCUT2D eigenvalue weighted by atomic mass is 16.4. The Morgan fingerprint density at radius 1 is 1.17 bits per heavy atom. The third-order valence-electron chi connectivity index (χ3n) is 4.08. The van der Waals surface area contributed by atoms with Gasteiger partial charge in [0.1, 0.15) is 5.82 Å². The summed E-state index contributed by atoms with van der Waals surface area (Å²) in [5.41, 5.74) is 11.5. The van der Waals surface area contributed by atoms with Crippen LogP contribution in [0.5, 0.6) is 0 Å². The quantitative estimate of drug-likeness (QED) is 0.724. The number of hydrogen-bond donors (Lipinski definition) is 2. The zero-order chi connectivity index (χ0) is 16.6. The Kier molecular flexibility index (Phi) is 3.78. The van der Waals surface area contributed by atoms with E-state index in [1.807, 2.05) is 48.7 Å². The van der Waals surface area contributed by atoms with Crippen LogP contribution in [0.3, 0.4) is 0 Å². The molecule has 23 heavy (non-hydrogen) atoms. The predicted octanol–water partition coefficient (Wildman–Crippen LogP) is 3.38. The molecule has 0 saturated heterocycles. The van der Waals surface area contributed by atoms with E-state index >= 15 is 0 Å². The molecule has 0 unspecified atom stereocenters. The second-order valence-electron chi connectivity index (χ2n) is 5.78. The van der Waals surface area contributed by atoms with Crippen molar-refractivity contribution in [1.29, 1.82) is 0 Å².